The van der Waals surface area contributed by atoms with Gasteiger partial charge in [-0.25, -0.2) is 0 Å². The molecule has 2 heterocycles. The Morgan fingerprint density at radius 1 is 1.71 bits per heavy atom. The van der Waals surface area contributed by atoms with Gasteiger partial charge in [0.2, 0.25) is 11.8 Å². The van der Waals surface area contributed by atoms with Crippen molar-refractivity contribution in [3.05, 3.63) is 11.7 Å². The average Bonchev–Trinajstić information content (AvgIpc) is 2.63. The Morgan fingerprint density at radius 2 is 2.47 bits per heavy atom. The summed E-state index contributed by atoms with van der Waals surface area (Å²) in [6, 6.07) is -0.758. The van der Waals surface area contributed by atoms with Gasteiger partial charge >= 0.3 is 5.97 Å². The number of carbonyl (C=O) groups excluding carboxylic acids is 1. The van der Waals surface area contributed by atoms with E-state index in [4.69, 9.17) is 9.63 Å². The first kappa shape index (κ1) is 11.5. The number of aliphatic carboxylic acids is 1. The molecule has 1 aromatic heterocycles. The minimum absolute atomic E-state index is 0.0184. The number of nitrogens with one attached hydrogen (secondary N) is 1. The molecule has 92 valence electrons. The van der Waals surface area contributed by atoms with Crippen LogP contribution in [0, 0.1) is 6.92 Å². The molecule has 0 radical (unpaired) electrons. The van der Waals surface area contributed by atoms with Crippen LogP contribution in [0.1, 0.15) is 11.7 Å². The van der Waals surface area contributed by atoms with Crippen LogP contribution in [-0.2, 0) is 16.1 Å². The summed E-state index contributed by atoms with van der Waals surface area (Å²) in [5.41, 5.74) is 0. The fourth-order valence-corrected chi connectivity index (χ4v) is 1.69. The predicted molar refractivity (Wildman–Crippen MR) is 53.9 cm³/mol. The van der Waals surface area contributed by atoms with Gasteiger partial charge in [-0.1, -0.05) is 5.16 Å². The van der Waals surface area contributed by atoms with E-state index in [9.17, 15) is 9.59 Å². The van der Waals surface area contributed by atoms with Gasteiger partial charge in [0.15, 0.2) is 5.82 Å². The van der Waals surface area contributed by atoms with Crippen molar-refractivity contribution in [2.24, 2.45) is 0 Å². The molecule has 1 aliphatic heterocycles. The maximum Gasteiger partial charge on any atom is 0.322 e. The summed E-state index contributed by atoms with van der Waals surface area (Å²) >= 11 is 0. The molecule has 1 aliphatic rings. The van der Waals surface area contributed by atoms with Crippen molar-refractivity contribution in [3.8, 4) is 0 Å². The number of hydrogen-bond acceptors (Lipinski definition) is 6. The van der Waals surface area contributed by atoms with Gasteiger partial charge in [0.25, 0.3) is 0 Å². The molecule has 1 atom stereocenters. The number of piperazine rings is 1. The SMILES string of the molecule is Cc1nc(CN2CC(=O)NCC2C(=O)O)no1. The lowest BCUT2D eigenvalue weighted by Gasteiger charge is -2.31. The second kappa shape index (κ2) is 4.50. The second-order valence-electron chi connectivity index (χ2n) is 3.79. The second-order valence-corrected chi connectivity index (χ2v) is 3.79. The molecule has 0 saturated carbocycles. The molecular weight excluding hydrogens is 228 g/mol. The van der Waals surface area contributed by atoms with Gasteiger partial charge in [0.05, 0.1) is 13.1 Å². The zero-order chi connectivity index (χ0) is 12.4. The van der Waals surface area contributed by atoms with Crippen LogP contribution >= 0.6 is 0 Å². The number of rotatable bonds is 3. The van der Waals surface area contributed by atoms with E-state index in [1.165, 1.54) is 4.90 Å². The molecule has 1 aromatic rings. The first-order valence-electron chi connectivity index (χ1n) is 5.09. The Bertz CT molecular complexity index is 444. The van der Waals surface area contributed by atoms with Crippen molar-refractivity contribution >= 4 is 11.9 Å². The first-order chi connectivity index (χ1) is 8.06. The van der Waals surface area contributed by atoms with E-state index in [1.807, 2.05) is 0 Å². The third-order valence-electron chi connectivity index (χ3n) is 2.48. The van der Waals surface area contributed by atoms with Crippen LogP contribution in [0.3, 0.4) is 0 Å². The van der Waals surface area contributed by atoms with E-state index in [0.29, 0.717) is 11.7 Å². The lowest BCUT2D eigenvalue weighted by atomic mass is 10.2. The third-order valence-corrected chi connectivity index (χ3v) is 2.48. The number of nitrogens with zero attached hydrogens (tertiary/aromatic N) is 3. The summed E-state index contributed by atoms with van der Waals surface area (Å²) in [7, 11) is 0. The zero-order valence-corrected chi connectivity index (χ0v) is 9.21. The van der Waals surface area contributed by atoms with Gasteiger partial charge in [0, 0.05) is 13.5 Å². The van der Waals surface area contributed by atoms with Gasteiger partial charge in [-0.15, -0.1) is 0 Å². The standard InChI is InChI=1S/C9H12N4O4/c1-5-11-7(12-17-5)3-13-4-8(14)10-2-6(13)9(15)16/h6H,2-4H2,1H3,(H,10,14)(H,15,16). The van der Waals surface area contributed by atoms with Gasteiger partial charge in [-0.05, 0) is 0 Å². The Kier molecular flexibility index (Phi) is 3.05. The molecule has 0 spiro atoms. The minimum atomic E-state index is -0.981. The molecule has 2 N–H and O–H groups in total. The Hall–Kier alpha value is -1.96. The quantitative estimate of drug-likeness (QED) is 0.680. The van der Waals surface area contributed by atoms with Crippen LogP contribution < -0.4 is 5.32 Å². The summed E-state index contributed by atoms with van der Waals surface area (Å²) in [4.78, 5) is 27.7. The number of aromatic nitrogens is 2. The highest BCUT2D eigenvalue weighted by molar-refractivity contribution is 5.83. The average molecular weight is 240 g/mol. The van der Waals surface area contributed by atoms with Gasteiger partial charge in [0.1, 0.15) is 6.04 Å². The van der Waals surface area contributed by atoms with Crippen LogP contribution in [0.15, 0.2) is 4.52 Å². The lowest BCUT2D eigenvalue weighted by Crippen LogP contribution is -2.57. The van der Waals surface area contributed by atoms with Crippen LogP contribution in [-0.4, -0.2) is 51.2 Å². The fraction of sp³-hybridized carbons (Fsp3) is 0.556. The Labute approximate surface area is 96.6 Å². The van der Waals surface area contributed by atoms with Crippen molar-refractivity contribution in [1.82, 2.24) is 20.4 Å². The van der Waals surface area contributed by atoms with Crippen molar-refractivity contribution in [3.63, 3.8) is 0 Å². The van der Waals surface area contributed by atoms with Gasteiger partial charge < -0.3 is 14.9 Å². The Balaban J connectivity index is 2.09. The van der Waals surface area contributed by atoms with Crippen LogP contribution in [0.4, 0.5) is 0 Å². The summed E-state index contributed by atoms with van der Waals surface area (Å²) in [5, 5.41) is 15.2. The van der Waals surface area contributed by atoms with E-state index in [2.05, 4.69) is 15.5 Å². The Morgan fingerprint density at radius 3 is 3.06 bits per heavy atom. The van der Waals surface area contributed by atoms with Crippen molar-refractivity contribution in [2.45, 2.75) is 19.5 Å². The first-order valence-corrected chi connectivity index (χ1v) is 5.09. The number of carboxylic acids is 1. The maximum atomic E-state index is 11.2. The maximum absolute atomic E-state index is 11.2. The van der Waals surface area contributed by atoms with E-state index >= 15 is 0 Å². The van der Waals surface area contributed by atoms with Crippen molar-refractivity contribution in [1.29, 1.82) is 0 Å². The monoisotopic (exact) mass is 240 g/mol. The predicted octanol–water partition coefficient (Wildman–Crippen LogP) is -1.24. The van der Waals surface area contributed by atoms with Crippen LogP contribution in [0.25, 0.3) is 0 Å². The molecule has 0 aliphatic carbocycles. The topological polar surface area (TPSA) is 109 Å². The van der Waals surface area contributed by atoms with E-state index in [-0.39, 0.29) is 25.5 Å². The number of hydrogen-bond donors (Lipinski definition) is 2. The van der Waals surface area contributed by atoms with Gasteiger partial charge in [-0.2, -0.15) is 4.98 Å². The van der Waals surface area contributed by atoms with Crippen LogP contribution in [0.2, 0.25) is 0 Å². The summed E-state index contributed by atoms with van der Waals surface area (Å²) < 4.78 is 4.79. The number of aryl methyl sites for hydroxylation is 1. The molecule has 8 nitrogen and oxygen atoms in total. The molecule has 1 saturated heterocycles. The molecule has 0 aromatic carbocycles. The molecule has 1 unspecified atom stereocenters. The number of carbonyl (C=O) groups is 2. The highest BCUT2D eigenvalue weighted by atomic mass is 16.5. The molecule has 17 heavy (non-hydrogen) atoms. The molecule has 8 heteroatoms. The third kappa shape index (κ3) is 2.59. The molecule has 2 rings (SSSR count). The van der Waals surface area contributed by atoms with E-state index in [0.717, 1.165) is 0 Å². The normalized spacial score (nSPS) is 21.2. The summed E-state index contributed by atoms with van der Waals surface area (Å²) in [5.74, 6) is -0.398. The van der Waals surface area contributed by atoms with Gasteiger partial charge in [-0.3, -0.25) is 14.5 Å². The smallest absolute Gasteiger partial charge is 0.322 e. The lowest BCUT2D eigenvalue weighted by molar-refractivity contribution is -0.146. The van der Waals surface area contributed by atoms with E-state index < -0.39 is 12.0 Å². The fourth-order valence-electron chi connectivity index (χ4n) is 1.69. The van der Waals surface area contributed by atoms with Crippen molar-refractivity contribution < 1.29 is 19.2 Å². The highest BCUT2D eigenvalue weighted by Crippen LogP contribution is 2.09. The molecule has 1 fully saturated rings. The van der Waals surface area contributed by atoms with Crippen LogP contribution in [0.5, 0.6) is 0 Å². The summed E-state index contributed by atoms with van der Waals surface area (Å²) in [6.07, 6.45) is 0. The largest absolute Gasteiger partial charge is 0.480 e. The summed E-state index contributed by atoms with van der Waals surface area (Å²) in [6.45, 7) is 1.94. The highest BCUT2D eigenvalue weighted by Gasteiger charge is 2.32. The molecule has 1 amide bonds. The molecule has 0 bridgehead atoms. The number of carboxylic acid groups (broad SMARTS) is 1. The number of amides is 1. The molecular formula is C9H12N4O4. The zero-order valence-electron chi connectivity index (χ0n) is 9.21. The van der Waals surface area contributed by atoms with E-state index in [1.54, 1.807) is 6.92 Å². The minimum Gasteiger partial charge on any atom is -0.480 e. The van der Waals surface area contributed by atoms with Crippen molar-refractivity contribution in [2.75, 3.05) is 13.1 Å².